The summed E-state index contributed by atoms with van der Waals surface area (Å²) in [4.78, 5) is 28.5. The number of hydrogen-bond acceptors (Lipinski definition) is 6. The molecule has 0 bridgehead atoms. The van der Waals surface area contributed by atoms with Crippen molar-refractivity contribution in [2.24, 2.45) is 0 Å². The molecule has 0 radical (unpaired) electrons. The second-order valence-corrected chi connectivity index (χ2v) is 12.4. The number of amides is 1. The number of rotatable bonds is 14. The summed E-state index contributed by atoms with van der Waals surface area (Å²) in [5, 5.41) is 2.67. The highest BCUT2D eigenvalue weighted by molar-refractivity contribution is 7.47. The van der Waals surface area contributed by atoms with Crippen LogP contribution in [0.15, 0.2) is 60.7 Å². The Labute approximate surface area is 268 Å². The summed E-state index contributed by atoms with van der Waals surface area (Å²) >= 11 is 0. The first-order chi connectivity index (χ1) is 21.8. The number of nitrogens with zero attached hydrogens (tertiary/aromatic N) is 2. The standard InChI is InChI=1S/C34H40F2N3O6P/c1-7-9-18-44-46(41,42)45-21-39-24(5)31(33(40)37-27-15-11-14-26(20-27)34(35,36)8-2)38-32(39)25-16-17-29(43-6)28(19-25)30-22(3)12-10-13-23(30)4/h10-17,19-20H,7-9,18,21H2,1-6H3,(H,37,40)(H,41,42). The monoisotopic (exact) mass is 655 g/mol. The van der Waals surface area contributed by atoms with Gasteiger partial charge in [0.25, 0.3) is 11.8 Å². The number of unbranched alkanes of at least 4 members (excludes halogenated alkanes) is 1. The summed E-state index contributed by atoms with van der Waals surface area (Å²) in [6.07, 6.45) is 0.953. The predicted octanol–water partition coefficient (Wildman–Crippen LogP) is 8.80. The van der Waals surface area contributed by atoms with Crippen molar-refractivity contribution in [1.82, 2.24) is 9.55 Å². The average Bonchev–Trinajstić information content (AvgIpc) is 3.36. The van der Waals surface area contributed by atoms with Crippen LogP contribution in [-0.2, 0) is 26.3 Å². The fourth-order valence-electron chi connectivity index (χ4n) is 5.12. The van der Waals surface area contributed by atoms with Gasteiger partial charge in [0.15, 0.2) is 0 Å². The topological polar surface area (TPSA) is 112 Å². The molecule has 0 saturated heterocycles. The smallest absolute Gasteiger partial charge is 0.473 e. The molecule has 1 unspecified atom stereocenters. The number of imidazole rings is 1. The van der Waals surface area contributed by atoms with Crippen LogP contribution in [0.3, 0.4) is 0 Å². The first-order valence-corrected chi connectivity index (χ1v) is 16.5. The number of halogens is 2. The molecule has 0 fully saturated rings. The average molecular weight is 656 g/mol. The van der Waals surface area contributed by atoms with Crippen molar-refractivity contribution in [2.45, 2.75) is 66.5 Å². The zero-order chi connectivity index (χ0) is 33.6. The number of anilines is 1. The van der Waals surface area contributed by atoms with Crippen LogP contribution in [0, 0.1) is 20.8 Å². The van der Waals surface area contributed by atoms with E-state index in [-0.39, 0.29) is 35.8 Å². The van der Waals surface area contributed by atoms with Crippen LogP contribution in [0.5, 0.6) is 5.75 Å². The molecule has 1 amide bonds. The van der Waals surface area contributed by atoms with Crippen LogP contribution < -0.4 is 10.1 Å². The van der Waals surface area contributed by atoms with Crippen LogP contribution in [0.1, 0.15) is 66.0 Å². The quantitative estimate of drug-likeness (QED) is 0.103. The SMILES string of the molecule is CCCCOP(=O)(O)OCn1c(-c2ccc(OC)c(-c3c(C)cccc3C)c2)nc(C(=O)Nc2cccc(C(F)(F)CC)c2)c1C. The third-order valence-electron chi connectivity index (χ3n) is 7.73. The van der Waals surface area contributed by atoms with Crippen LogP contribution in [-0.4, -0.2) is 34.1 Å². The van der Waals surface area contributed by atoms with E-state index in [0.717, 1.165) is 28.7 Å². The zero-order valence-electron chi connectivity index (χ0n) is 26.9. The number of alkyl halides is 2. The van der Waals surface area contributed by atoms with Crippen LogP contribution in [0.25, 0.3) is 22.5 Å². The van der Waals surface area contributed by atoms with Crippen LogP contribution in [0.4, 0.5) is 14.5 Å². The van der Waals surface area contributed by atoms with E-state index < -0.39 is 26.4 Å². The van der Waals surface area contributed by atoms with Gasteiger partial charge in [-0.05, 0) is 74.2 Å². The first kappa shape index (κ1) is 35.0. The number of nitrogens with one attached hydrogen (secondary N) is 1. The fraction of sp³-hybridized carbons (Fsp3) is 0.353. The molecule has 1 aromatic heterocycles. The van der Waals surface area contributed by atoms with Gasteiger partial charge in [-0.15, -0.1) is 0 Å². The van der Waals surface area contributed by atoms with Gasteiger partial charge in [-0.2, -0.15) is 0 Å². The van der Waals surface area contributed by atoms with Crippen molar-refractivity contribution in [1.29, 1.82) is 0 Å². The van der Waals surface area contributed by atoms with Gasteiger partial charge in [-0.3, -0.25) is 13.8 Å². The second-order valence-electron chi connectivity index (χ2n) is 11.0. The van der Waals surface area contributed by atoms with Crippen LogP contribution in [0.2, 0.25) is 0 Å². The van der Waals surface area contributed by atoms with E-state index in [1.54, 1.807) is 26.2 Å². The molecular formula is C34H40F2N3O6P. The lowest BCUT2D eigenvalue weighted by molar-refractivity contribution is -0.00825. The van der Waals surface area contributed by atoms with E-state index in [2.05, 4.69) is 10.3 Å². The molecule has 246 valence electrons. The fourth-order valence-corrected chi connectivity index (χ4v) is 5.82. The maximum absolute atomic E-state index is 14.4. The second kappa shape index (κ2) is 14.7. The maximum Gasteiger partial charge on any atom is 0.473 e. The summed E-state index contributed by atoms with van der Waals surface area (Å²) in [6.45, 7) is 8.51. The van der Waals surface area contributed by atoms with Crippen molar-refractivity contribution in [3.63, 3.8) is 0 Å². The number of hydrogen-bond donors (Lipinski definition) is 2. The molecule has 1 atom stereocenters. The lowest BCUT2D eigenvalue weighted by Crippen LogP contribution is -2.16. The number of carbonyl (C=O) groups is 1. The van der Waals surface area contributed by atoms with Crippen molar-refractivity contribution < 1.29 is 36.8 Å². The molecule has 4 rings (SSSR count). The highest BCUT2D eigenvalue weighted by Crippen LogP contribution is 2.44. The number of phosphoric acid groups is 1. The minimum absolute atomic E-state index is 0.0182. The number of benzene rings is 3. The number of aromatic nitrogens is 2. The molecule has 0 aliphatic carbocycles. The van der Waals surface area contributed by atoms with E-state index in [4.69, 9.17) is 13.8 Å². The molecular weight excluding hydrogens is 615 g/mol. The summed E-state index contributed by atoms with van der Waals surface area (Å²) in [7, 11) is -2.86. The van der Waals surface area contributed by atoms with E-state index in [9.17, 15) is 23.0 Å². The number of aryl methyl sites for hydroxylation is 2. The molecule has 0 aliphatic rings. The lowest BCUT2D eigenvalue weighted by Gasteiger charge is -2.17. The summed E-state index contributed by atoms with van der Waals surface area (Å²) in [5.74, 6) is -2.80. The van der Waals surface area contributed by atoms with Crippen molar-refractivity contribution in [2.75, 3.05) is 19.0 Å². The zero-order valence-corrected chi connectivity index (χ0v) is 27.8. The van der Waals surface area contributed by atoms with Crippen molar-refractivity contribution in [3.8, 4) is 28.3 Å². The Kier molecular flexibility index (Phi) is 11.2. The van der Waals surface area contributed by atoms with Gasteiger partial charge in [-0.1, -0.05) is 50.6 Å². The van der Waals surface area contributed by atoms with Gasteiger partial charge in [-0.25, -0.2) is 18.3 Å². The third-order valence-corrected chi connectivity index (χ3v) is 8.68. The van der Waals surface area contributed by atoms with Gasteiger partial charge in [0.1, 0.15) is 24.0 Å². The number of ether oxygens (including phenoxy) is 1. The molecule has 0 aliphatic heterocycles. The van der Waals surface area contributed by atoms with Crippen LogP contribution >= 0.6 is 7.82 Å². The molecule has 12 heteroatoms. The van der Waals surface area contributed by atoms with Gasteiger partial charge in [0.2, 0.25) is 0 Å². The maximum atomic E-state index is 14.4. The largest absolute Gasteiger partial charge is 0.496 e. The predicted molar refractivity (Wildman–Crippen MR) is 174 cm³/mol. The molecule has 3 aromatic carbocycles. The Bertz CT molecular complexity index is 1740. The highest BCUT2D eigenvalue weighted by Gasteiger charge is 2.30. The lowest BCUT2D eigenvalue weighted by atomic mass is 9.93. The summed E-state index contributed by atoms with van der Waals surface area (Å²) in [6, 6.07) is 16.9. The summed E-state index contributed by atoms with van der Waals surface area (Å²) in [5.41, 5.74) is 4.65. The Morgan fingerprint density at radius 2 is 1.72 bits per heavy atom. The number of carbonyl (C=O) groups excluding carboxylic acids is 1. The molecule has 9 nitrogen and oxygen atoms in total. The summed E-state index contributed by atoms with van der Waals surface area (Å²) < 4.78 is 59.0. The number of phosphoric ester groups is 1. The van der Waals surface area contributed by atoms with Gasteiger partial charge in [0.05, 0.1) is 19.4 Å². The van der Waals surface area contributed by atoms with Gasteiger partial charge < -0.3 is 19.5 Å². The number of methoxy groups -OCH3 is 1. The molecule has 2 N–H and O–H groups in total. The van der Waals surface area contributed by atoms with Gasteiger partial charge in [0, 0.05) is 28.8 Å². The molecule has 1 heterocycles. The normalized spacial score (nSPS) is 13.0. The van der Waals surface area contributed by atoms with Crippen molar-refractivity contribution in [3.05, 3.63) is 88.7 Å². The Morgan fingerprint density at radius 1 is 1.02 bits per heavy atom. The molecule has 4 aromatic rings. The van der Waals surface area contributed by atoms with E-state index in [0.29, 0.717) is 23.4 Å². The third kappa shape index (κ3) is 7.90. The Hall–Kier alpha value is -3.89. The van der Waals surface area contributed by atoms with Crippen molar-refractivity contribution >= 4 is 19.4 Å². The molecule has 0 saturated carbocycles. The Balaban J connectivity index is 1.79. The Morgan fingerprint density at radius 3 is 2.37 bits per heavy atom. The van der Waals surface area contributed by atoms with E-state index in [1.165, 1.54) is 35.8 Å². The first-order valence-electron chi connectivity index (χ1n) is 15.1. The minimum atomic E-state index is -4.44. The van der Waals surface area contributed by atoms with E-state index >= 15 is 0 Å². The molecule has 46 heavy (non-hydrogen) atoms. The minimum Gasteiger partial charge on any atom is -0.496 e. The molecule has 0 spiro atoms. The van der Waals surface area contributed by atoms with E-state index in [1.807, 2.05) is 45.0 Å². The highest BCUT2D eigenvalue weighted by atomic mass is 31.2. The van der Waals surface area contributed by atoms with Gasteiger partial charge >= 0.3 is 7.82 Å².